The Morgan fingerprint density at radius 3 is 2.19 bits per heavy atom. The van der Waals surface area contributed by atoms with Gasteiger partial charge in [-0.25, -0.2) is 4.98 Å². The van der Waals surface area contributed by atoms with Crippen molar-refractivity contribution in [2.75, 3.05) is 19.5 Å². The summed E-state index contributed by atoms with van der Waals surface area (Å²) in [7, 11) is 3.03. The summed E-state index contributed by atoms with van der Waals surface area (Å²) in [5.74, 6) is 1.08. The maximum absolute atomic E-state index is 12.9. The Kier molecular flexibility index (Phi) is 5.61. The molecule has 0 aliphatic carbocycles. The molecule has 0 unspecified atom stereocenters. The minimum Gasteiger partial charge on any atom is -0.496 e. The fourth-order valence-corrected chi connectivity index (χ4v) is 3.51. The number of nitrogens with one attached hydrogen (secondary N) is 1. The summed E-state index contributed by atoms with van der Waals surface area (Å²) in [4.78, 5) is 17.5. The molecule has 1 heterocycles. The molecule has 0 atom stereocenters. The minimum atomic E-state index is -0.333. The number of oxazole rings is 1. The molecule has 0 spiro atoms. The number of benzene rings is 3. The number of rotatable bonds is 5. The van der Waals surface area contributed by atoms with Gasteiger partial charge in [-0.15, -0.1) is 0 Å². The topological polar surface area (TPSA) is 73.6 Å². The molecule has 6 nitrogen and oxygen atoms in total. The molecule has 6 heteroatoms. The van der Waals surface area contributed by atoms with Crippen molar-refractivity contribution >= 4 is 22.7 Å². The van der Waals surface area contributed by atoms with Crippen LogP contribution in [-0.2, 0) is 5.41 Å². The zero-order chi connectivity index (χ0) is 22.9. The number of ether oxygens (including phenoxy) is 2. The number of carbonyl (C=O) groups is 1. The van der Waals surface area contributed by atoms with E-state index in [4.69, 9.17) is 13.9 Å². The van der Waals surface area contributed by atoms with Crippen LogP contribution in [0.15, 0.2) is 65.1 Å². The molecule has 1 aromatic heterocycles. The number of anilines is 1. The van der Waals surface area contributed by atoms with E-state index >= 15 is 0 Å². The molecule has 4 rings (SSSR count). The molecule has 0 aliphatic rings. The second-order valence-electron chi connectivity index (χ2n) is 8.52. The molecule has 164 valence electrons. The molecular formula is C26H26N2O4. The first-order chi connectivity index (χ1) is 15.3. The summed E-state index contributed by atoms with van der Waals surface area (Å²) < 4.78 is 16.6. The number of hydrogen-bond acceptors (Lipinski definition) is 5. The van der Waals surface area contributed by atoms with Gasteiger partial charge in [0.05, 0.1) is 14.2 Å². The van der Waals surface area contributed by atoms with E-state index in [2.05, 4.69) is 43.2 Å². The average molecular weight is 431 g/mol. The largest absolute Gasteiger partial charge is 0.496 e. The lowest BCUT2D eigenvalue weighted by molar-refractivity contribution is 0.102. The zero-order valence-electron chi connectivity index (χ0n) is 18.9. The summed E-state index contributed by atoms with van der Waals surface area (Å²) in [5.41, 5.74) is 4.46. The Bertz CT molecular complexity index is 1250. The molecule has 0 saturated carbocycles. The van der Waals surface area contributed by atoms with Gasteiger partial charge in [0.2, 0.25) is 5.89 Å². The van der Waals surface area contributed by atoms with Gasteiger partial charge in [-0.3, -0.25) is 4.79 Å². The van der Waals surface area contributed by atoms with Crippen molar-refractivity contribution in [2.45, 2.75) is 26.2 Å². The van der Waals surface area contributed by atoms with Crippen molar-refractivity contribution in [1.82, 2.24) is 4.98 Å². The van der Waals surface area contributed by atoms with Crippen LogP contribution in [0.5, 0.6) is 11.5 Å². The third-order valence-electron chi connectivity index (χ3n) is 5.30. The Morgan fingerprint density at radius 1 is 0.938 bits per heavy atom. The van der Waals surface area contributed by atoms with Gasteiger partial charge < -0.3 is 19.2 Å². The first kappa shape index (κ1) is 21.4. The highest BCUT2D eigenvalue weighted by atomic mass is 16.5. The van der Waals surface area contributed by atoms with Crippen LogP contribution in [0.3, 0.4) is 0 Å². The molecule has 4 aromatic rings. The van der Waals surface area contributed by atoms with Crippen LogP contribution in [0.1, 0.15) is 36.7 Å². The smallest absolute Gasteiger partial charge is 0.263 e. The maximum Gasteiger partial charge on any atom is 0.263 e. The van der Waals surface area contributed by atoms with Crippen LogP contribution in [0, 0.1) is 0 Å². The molecule has 1 N–H and O–H groups in total. The van der Waals surface area contributed by atoms with Crippen molar-refractivity contribution in [3.05, 3.63) is 71.8 Å². The fourth-order valence-electron chi connectivity index (χ4n) is 3.51. The molecule has 0 saturated heterocycles. The number of hydrogen-bond donors (Lipinski definition) is 1. The van der Waals surface area contributed by atoms with Gasteiger partial charge in [0.15, 0.2) is 5.58 Å². The number of methoxy groups -OCH3 is 2. The van der Waals surface area contributed by atoms with E-state index in [0.717, 1.165) is 5.56 Å². The molecule has 0 radical (unpaired) electrons. The Balaban J connectivity index is 1.61. The number of amides is 1. The normalized spacial score (nSPS) is 11.4. The van der Waals surface area contributed by atoms with E-state index in [0.29, 0.717) is 39.7 Å². The van der Waals surface area contributed by atoms with Gasteiger partial charge >= 0.3 is 0 Å². The Labute approximate surface area is 187 Å². The predicted molar refractivity (Wildman–Crippen MR) is 126 cm³/mol. The lowest BCUT2D eigenvalue weighted by atomic mass is 9.87. The van der Waals surface area contributed by atoms with Crippen molar-refractivity contribution < 1.29 is 18.7 Å². The van der Waals surface area contributed by atoms with Crippen molar-refractivity contribution in [1.29, 1.82) is 0 Å². The molecule has 0 aliphatic heterocycles. The van der Waals surface area contributed by atoms with Crippen LogP contribution in [-0.4, -0.2) is 25.1 Å². The summed E-state index contributed by atoms with van der Waals surface area (Å²) in [5, 5.41) is 2.89. The number of carbonyl (C=O) groups excluding carboxylic acids is 1. The second kappa shape index (κ2) is 8.38. The highest BCUT2D eigenvalue weighted by Crippen LogP contribution is 2.31. The van der Waals surface area contributed by atoms with Crippen LogP contribution in [0.25, 0.3) is 22.6 Å². The van der Waals surface area contributed by atoms with E-state index in [-0.39, 0.29) is 11.3 Å². The number of aromatic nitrogens is 1. The lowest BCUT2D eigenvalue weighted by Gasteiger charge is -2.18. The van der Waals surface area contributed by atoms with Gasteiger partial charge in [-0.2, -0.15) is 0 Å². The van der Waals surface area contributed by atoms with E-state index < -0.39 is 0 Å². The lowest BCUT2D eigenvalue weighted by Crippen LogP contribution is -2.14. The van der Waals surface area contributed by atoms with Crippen molar-refractivity contribution in [3.63, 3.8) is 0 Å². The zero-order valence-corrected chi connectivity index (χ0v) is 18.9. The molecule has 1 amide bonds. The Morgan fingerprint density at radius 2 is 1.59 bits per heavy atom. The number of nitrogens with zero attached hydrogens (tertiary/aromatic N) is 1. The van der Waals surface area contributed by atoms with E-state index in [9.17, 15) is 4.79 Å². The first-order valence-corrected chi connectivity index (χ1v) is 10.3. The van der Waals surface area contributed by atoms with Gasteiger partial charge in [0.25, 0.3) is 5.91 Å². The van der Waals surface area contributed by atoms with E-state index in [1.807, 2.05) is 12.1 Å². The van der Waals surface area contributed by atoms with E-state index in [1.54, 1.807) is 36.4 Å². The molecule has 32 heavy (non-hydrogen) atoms. The predicted octanol–water partition coefficient (Wildman–Crippen LogP) is 6.06. The molecular weight excluding hydrogens is 404 g/mol. The van der Waals surface area contributed by atoms with Gasteiger partial charge in [0.1, 0.15) is 22.6 Å². The summed E-state index contributed by atoms with van der Waals surface area (Å²) in [6, 6.07) is 18.8. The van der Waals surface area contributed by atoms with E-state index in [1.165, 1.54) is 19.8 Å². The van der Waals surface area contributed by atoms with Crippen LogP contribution in [0.2, 0.25) is 0 Å². The van der Waals surface area contributed by atoms with Crippen LogP contribution in [0.4, 0.5) is 5.69 Å². The van der Waals surface area contributed by atoms with Crippen LogP contribution >= 0.6 is 0 Å². The van der Waals surface area contributed by atoms with Crippen molar-refractivity contribution in [3.8, 4) is 23.0 Å². The van der Waals surface area contributed by atoms with Gasteiger partial charge in [-0.05, 0) is 53.4 Å². The molecule has 0 bridgehead atoms. The van der Waals surface area contributed by atoms with Crippen molar-refractivity contribution in [2.24, 2.45) is 0 Å². The van der Waals surface area contributed by atoms with Gasteiger partial charge in [-0.1, -0.05) is 39.0 Å². The summed E-state index contributed by atoms with van der Waals surface area (Å²) >= 11 is 0. The SMILES string of the molecule is COc1cccc(OC)c1C(=O)Nc1ccc2oc(-c3ccc(C(C)(C)C)cc3)nc2c1. The van der Waals surface area contributed by atoms with Crippen LogP contribution < -0.4 is 14.8 Å². The summed E-state index contributed by atoms with van der Waals surface area (Å²) in [6.07, 6.45) is 0. The fraction of sp³-hybridized carbons (Fsp3) is 0.231. The maximum atomic E-state index is 12.9. The standard InChI is InChI=1S/C26H26N2O4/c1-26(2,3)17-11-9-16(10-12-17)25-28-19-15-18(13-14-20(19)32-25)27-24(29)23-21(30-4)7-6-8-22(23)31-5/h6-15H,1-5H3,(H,27,29). The number of fused-ring (bicyclic) bond motifs is 1. The second-order valence-corrected chi connectivity index (χ2v) is 8.52. The highest BCUT2D eigenvalue weighted by Gasteiger charge is 2.19. The first-order valence-electron chi connectivity index (χ1n) is 10.3. The Hall–Kier alpha value is -3.80. The third-order valence-corrected chi connectivity index (χ3v) is 5.30. The molecule has 3 aromatic carbocycles. The third kappa shape index (κ3) is 4.17. The molecule has 0 fully saturated rings. The highest BCUT2D eigenvalue weighted by molar-refractivity contribution is 6.08. The summed E-state index contributed by atoms with van der Waals surface area (Å²) in [6.45, 7) is 6.54. The monoisotopic (exact) mass is 430 g/mol. The van der Waals surface area contributed by atoms with Gasteiger partial charge in [0, 0.05) is 11.3 Å². The quantitative estimate of drug-likeness (QED) is 0.416. The minimum absolute atomic E-state index is 0.0804. The average Bonchev–Trinajstić information content (AvgIpc) is 3.21.